The Balaban J connectivity index is 1.37. The zero-order valence-corrected chi connectivity index (χ0v) is 19.2. The molecule has 1 aliphatic heterocycles. The number of anilines is 2. The van der Waals surface area contributed by atoms with Gasteiger partial charge in [-0.1, -0.05) is 6.08 Å². The molecule has 0 bridgehead atoms. The van der Waals surface area contributed by atoms with Gasteiger partial charge in [-0.25, -0.2) is 19.7 Å². The fourth-order valence-electron chi connectivity index (χ4n) is 3.96. The van der Waals surface area contributed by atoms with Crippen LogP contribution in [0.2, 0.25) is 0 Å². The van der Waals surface area contributed by atoms with Gasteiger partial charge in [-0.3, -0.25) is 0 Å². The summed E-state index contributed by atoms with van der Waals surface area (Å²) in [6, 6.07) is 6.11. The molecule has 4 aromatic heterocycles. The Hall–Kier alpha value is -3.88. The van der Waals surface area contributed by atoms with Gasteiger partial charge in [0.05, 0.1) is 28.6 Å². The van der Waals surface area contributed by atoms with Gasteiger partial charge >= 0.3 is 6.09 Å². The van der Waals surface area contributed by atoms with Crippen LogP contribution in [0, 0.1) is 6.92 Å². The fourth-order valence-corrected chi connectivity index (χ4v) is 3.96. The molecule has 33 heavy (non-hydrogen) atoms. The molecule has 0 radical (unpaired) electrons. The summed E-state index contributed by atoms with van der Waals surface area (Å²) >= 11 is 0. The molecule has 4 aromatic rings. The predicted molar refractivity (Wildman–Crippen MR) is 128 cm³/mol. The number of nitrogens with one attached hydrogen (secondary N) is 2. The van der Waals surface area contributed by atoms with Crippen molar-refractivity contribution in [2.45, 2.75) is 39.7 Å². The number of pyridine rings is 1. The van der Waals surface area contributed by atoms with Crippen LogP contribution in [0.1, 0.15) is 38.6 Å². The Kier molecular flexibility index (Phi) is 5.03. The number of aromatic amines is 1. The third kappa shape index (κ3) is 4.26. The molecule has 1 amide bonds. The molecule has 0 atom stereocenters. The Morgan fingerprint density at radius 2 is 2.06 bits per heavy atom. The number of rotatable bonds is 3. The van der Waals surface area contributed by atoms with E-state index in [4.69, 9.17) is 4.74 Å². The van der Waals surface area contributed by atoms with Crippen LogP contribution in [0.25, 0.3) is 22.1 Å². The van der Waals surface area contributed by atoms with Crippen LogP contribution in [0.15, 0.2) is 43.1 Å². The normalized spacial score (nSPS) is 14.5. The van der Waals surface area contributed by atoms with Crippen molar-refractivity contribution in [3.8, 4) is 0 Å². The number of nitrogens with zero attached hydrogens (tertiary/aromatic N) is 5. The van der Waals surface area contributed by atoms with Crippen LogP contribution in [0.3, 0.4) is 0 Å². The summed E-state index contributed by atoms with van der Waals surface area (Å²) in [4.78, 5) is 30.7. The second kappa shape index (κ2) is 7.91. The van der Waals surface area contributed by atoms with E-state index in [-0.39, 0.29) is 6.09 Å². The zero-order chi connectivity index (χ0) is 23.2. The summed E-state index contributed by atoms with van der Waals surface area (Å²) in [5, 5.41) is 4.31. The summed E-state index contributed by atoms with van der Waals surface area (Å²) in [6.07, 6.45) is 7.86. The summed E-state index contributed by atoms with van der Waals surface area (Å²) < 4.78 is 7.47. The van der Waals surface area contributed by atoms with Gasteiger partial charge in [-0.15, -0.1) is 0 Å². The minimum absolute atomic E-state index is 0.281. The number of hydrogen-bond acceptors (Lipinski definition) is 6. The number of imidazole rings is 1. The average Bonchev–Trinajstić information content (AvgIpc) is 3.37. The van der Waals surface area contributed by atoms with E-state index >= 15 is 0 Å². The molecule has 0 saturated carbocycles. The minimum atomic E-state index is -0.498. The first-order chi connectivity index (χ1) is 15.8. The van der Waals surface area contributed by atoms with Crippen LogP contribution >= 0.6 is 0 Å². The first-order valence-corrected chi connectivity index (χ1v) is 11.0. The number of carbonyl (C=O) groups excluding carboxylic acids is 1. The maximum Gasteiger partial charge on any atom is 0.410 e. The molecule has 170 valence electrons. The fraction of sp³-hybridized carbons (Fsp3) is 0.333. The van der Waals surface area contributed by atoms with Gasteiger partial charge in [0.15, 0.2) is 0 Å². The van der Waals surface area contributed by atoms with E-state index in [0.717, 1.165) is 51.4 Å². The second-order valence-corrected chi connectivity index (χ2v) is 9.24. The van der Waals surface area contributed by atoms with E-state index in [1.807, 2.05) is 50.4 Å². The van der Waals surface area contributed by atoms with Crippen LogP contribution in [-0.2, 0) is 4.74 Å². The number of carbonyl (C=O) groups is 1. The molecule has 9 heteroatoms. The van der Waals surface area contributed by atoms with Gasteiger partial charge in [0.25, 0.3) is 0 Å². The molecule has 1 aliphatic rings. The van der Waals surface area contributed by atoms with E-state index < -0.39 is 5.60 Å². The van der Waals surface area contributed by atoms with Gasteiger partial charge in [0, 0.05) is 25.0 Å². The maximum atomic E-state index is 12.3. The number of aryl methyl sites for hydroxylation is 1. The standard InChI is InChI=1S/C24H27N7O2/c1-15-20-6-5-17(12-31(20)14-27-15)28-21-18-11-19(29-22(18)26-13-25-21)16-7-9-30(10-8-16)23(32)33-24(2,3)4/h5-7,11-14H,8-10H2,1-4H3,(H2,25,26,28,29). The third-order valence-corrected chi connectivity index (χ3v) is 5.62. The van der Waals surface area contributed by atoms with Crippen LogP contribution in [0.4, 0.5) is 16.3 Å². The van der Waals surface area contributed by atoms with E-state index in [0.29, 0.717) is 13.1 Å². The third-order valence-electron chi connectivity index (χ3n) is 5.62. The molecule has 9 nitrogen and oxygen atoms in total. The summed E-state index contributed by atoms with van der Waals surface area (Å²) in [7, 11) is 0. The lowest BCUT2D eigenvalue weighted by Crippen LogP contribution is -2.39. The zero-order valence-electron chi connectivity index (χ0n) is 19.2. The van der Waals surface area contributed by atoms with Gasteiger partial charge in [0.1, 0.15) is 23.4 Å². The van der Waals surface area contributed by atoms with Gasteiger partial charge < -0.3 is 24.3 Å². The lowest BCUT2D eigenvalue weighted by atomic mass is 10.1. The first kappa shape index (κ1) is 21.0. The molecule has 0 saturated heterocycles. The molecule has 0 unspecified atom stereocenters. The highest BCUT2D eigenvalue weighted by Crippen LogP contribution is 2.29. The molecule has 0 aliphatic carbocycles. The van der Waals surface area contributed by atoms with Crippen LogP contribution < -0.4 is 5.32 Å². The molecule has 5 heterocycles. The van der Waals surface area contributed by atoms with Crippen molar-refractivity contribution in [1.82, 2.24) is 29.2 Å². The molecule has 0 fully saturated rings. The quantitative estimate of drug-likeness (QED) is 0.475. The minimum Gasteiger partial charge on any atom is -0.444 e. The topological polar surface area (TPSA) is 100 Å². The second-order valence-electron chi connectivity index (χ2n) is 9.24. The molecule has 2 N–H and O–H groups in total. The molecular weight excluding hydrogens is 418 g/mol. The number of fused-ring (bicyclic) bond motifs is 2. The highest BCUT2D eigenvalue weighted by molar-refractivity contribution is 5.92. The monoisotopic (exact) mass is 445 g/mol. The van der Waals surface area contributed by atoms with Gasteiger partial charge in [0.2, 0.25) is 0 Å². The predicted octanol–water partition coefficient (Wildman–Crippen LogP) is 4.68. The Labute approximate surface area is 191 Å². The smallest absolute Gasteiger partial charge is 0.410 e. The molecule has 5 rings (SSSR count). The molecular formula is C24H27N7O2. The highest BCUT2D eigenvalue weighted by atomic mass is 16.6. The maximum absolute atomic E-state index is 12.3. The number of amides is 1. The number of aromatic nitrogens is 5. The molecule has 0 aromatic carbocycles. The van der Waals surface area contributed by atoms with E-state index in [2.05, 4.69) is 37.4 Å². The Bertz CT molecular complexity index is 1380. The van der Waals surface area contributed by atoms with Gasteiger partial charge in [-0.2, -0.15) is 0 Å². The van der Waals surface area contributed by atoms with E-state index in [1.54, 1.807) is 17.6 Å². The Morgan fingerprint density at radius 3 is 2.82 bits per heavy atom. The van der Waals surface area contributed by atoms with Crippen LogP contribution in [-0.4, -0.2) is 54.0 Å². The van der Waals surface area contributed by atoms with Crippen molar-refractivity contribution in [2.24, 2.45) is 0 Å². The first-order valence-electron chi connectivity index (χ1n) is 11.0. The Morgan fingerprint density at radius 1 is 1.21 bits per heavy atom. The SMILES string of the molecule is Cc1ncn2cc(Nc3ncnc4[nH]c(C5=CCN(C(=O)OC(C)(C)C)CC5)cc34)ccc12. The highest BCUT2D eigenvalue weighted by Gasteiger charge is 2.24. The molecule has 0 spiro atoms. The summed E-state index contributed by atoms with van der Waals surface area (Å²) in [5.74, 6) is 0.727. The largest absolute Gasteiger partial charge is 0.444 e. The van der Waals surface area contributed by atoms with Crippen molar-refractivity contribution < 1.29 is 9.53 Å². The number of ether oxygens (including phenoxy) is 1. The number of H-pyrrole nitrogens is 1. The van der Waals surface area contributed by atoms with Crippen LogP contribution in [0.5, 0.6) is 0 Å². The average molecular weight is 446 g/mol. The van der Waals surface area contributed by atoms with E-state index in [9.17, 15) is 4.79 Å². The lowest BCUT2D eigenvalue weighted by molar-refractivity contribution is 0.0270. The van der Waals surface area contributed by atoms with Crippen molar-refractivity contribution in [2.75, 3.05) is 18.4 Å². The summed E-state index contributed by atoms with van der Waals surface area (Å²) in [6.45, 7) is 8.74. The van der Waals surface area contributed by atoms with Crippen molar-refractivity contribution in [3.05, 3.63) is 54.5 Å². The van der Waals surface area contributed by atoms with E-state index in [1.165, 1.54) is 0 Å². The van der Waals surface area contributed by atoms with Crippen molar-refractivity contribution >= 4 is 39.7 Å². The van der Waals surface area contributed by atoms with Crippen molar-refractivity contribution in [3.63, 3.8) is 0 Å². The van der Waals surface area contributed by atoms with Crippen molar-refractivity contribution in [1.29, 1.82) is 0 Å². The number of hydrogen-bond donors (Lipinski definition) is 2. The van der Waals surface area contributed by atoms with Gasteiger partial charge in [-0.05, 0) is 57.9 Å². The lowest BCUT2D eigenvalue weighted by Gasteiger charge is -2.29. The summed E-state index contributed by atoms with van der Waals surface area (Å²) in [5.41, 5.74) is 5.37.